The zero-order chi connectivity index (χ0) is 10.7. The lowest BCUT2D eigenvalue weighted by atomic mass is 10.1. The lowest BCUT2D eigenvalue weighted by Crippen LogP contribution is -2.09. The molecule has 0 aliphatic rings. The van der Waals surface area contributed by atoms with Crippen LogP contribution in [-0.4, -0.2) is 9.97 Å². The Labute approximate surface area is 93.4 Å². The molecule has 1 atom stereocenters. The lowest BCUT2D eigenvalue weighted by molar-refractivity contribution is 0.601. The van der Waals surface area contributed by atoms with Gasteiger partial charge in [-0.25, -0.2) is 9.97 Å². The minimum Gasteiger partial charge on any atom is -0.322 e. The molecule has 2 heterocycles. The Kier molecular flexibility index (Phi) is 3.28. The van der Waals surface area contributed by atoms with Crippen LogP contribution in [0.15, 0.2) is 18.3 Å². The maximum atomic E-state index is 6.07. The summed E-state index contributed by atoms with van der Waals surface area (Å²) in [7, 11) is 0. The van der Waals surface area contributed by atoms with Crippen molar-refractivity contribution in [2.45, 2.75) is 32.2 Å². The molecule has 3 nitrogen and oxygen atoms in total. The van der Waals surface area contributed by atoms with Crippen LogP contribution in [0.25, 0.3) is 10.3 Å². The molecule has 2 rings (SSSR count). The summed E-state index contributed by atoms with van der Waals surface area (Å²) in [5.74, 6) is 0. The van der Waals surface area contributed by atoms with Crippen LogP contribution in [0.3, 0.4) is 0 Å². The van der Waals surface area contributed by atoms with Crippen molar-refractivity contribution in [3.05, 3.63) is 23.3 Å². The van der Waals surface area contributed by atoms with Gasteiger partial charge < -0.3 is 5.73 Å². The van der Waals surface area contributed by atoms with Crippen molar-refractivity contribution >= 4 is 21.7 Å². The monoisotopic (exact) mass is 221 g/mol. The van der Waals surface area contributed by atoms with E-state index in [1.165, 1.54) is 6.42 Å². The number of nitrogens with two attached hydrogens (primary N) is 1. The van der Waals surface area contributed by atoms with Gasteiger partial charge >= 0.3 is 0 Å². The highest BCUT2D eigenvalue weighted by Crippen LogP contribution is 2.25. The van der Waals surface area contributed by atoms with Crippen molar-refractivity contribution in [3.63, 3.8) is 0 Å². The Balaban J connectivity index is 2.20. The average Bonchev–Trinajstić information content (AvgIpc) is 2.69. The zero-order valence-electron chi connectivity index (χ0n) is 8.81. The van der Waals surface area contributed by atoms with Crippen LogP contribution in [-0.2, 0) is 0 Å². The van der Waals surface area contributed by atoms with Crippen molar-refractivity contribution in [2.75, 3.05) is 0 Å². The normalized spacial score (nSPS) is 13.2. The fourth-order valence-electron chi connectivity index (χ4n) is 1.49. The van der Waals surface area contributed by atoms with Gasteiger partial charge in [0.25, 0.3) is 0 Å². The van der Waals surface area contributed by atoms with Gasteiger partial charge in [0, 0.05) is 6.20 Å². The summed E-state index contributed by atoms with van der Waals surface area (Å²) in [6.45, 7) is 2.17. The Morgan fingerprint density at radius 3 is 3.13 bits per heavy atom. The summed E-state index contributed by atoms with van der Waals surface area (Å²) in [6, 6.07) is 3.96. The van der Waals surface area contributed by atoms with Gasteiger partial charge in [-0.15, -0.1) is 0 Å². The number of fused-ring (bicyclic) bond motifs is 1. The molecule has 0 radical (unpaired) electrons. The third kappa shape index (κ3) is 2.33. The number of thiazole rings is 1. The average molecular weight is 221 g/mol. The molecule has 1 unspecified atom stereocenters. The molecule has 0 fully saturated rings. The summed E-state index contributed by atoms with van der Waals surface area (Å²) in [6.07, 6.45) is 5.14. The number of aromatic nitrogens is 2. The van der Waals surface area contributed by atoms with Crippen LogP contribution in [0.1, 0.15) is 37.2 Å². The highest BCUT2D eigenvalue weighted by Gasteiger charge is 2.11. The Morgan fingerprint density at radius 1 is 1.53 bits per heavy atom. The minimum absolute atomic E-state index is 0.0733. The number of unbranched alkanes of at least 4 members (excludes halogenated alkanes) is 1. The van der Waals surface area contributed by atoms with E-state index >= 15 is 0 Å². The Bertz CT molecular complexity index is 405. The van der Waals surface area contributed by atoms with E-state index in [4.69, 9.17) is 5.73 Å². The molecule has 0 aliphatic heterocycles. The first-order valence-corrected chi connectivity index (χ1v) is 6.10. The van der Waals surface area contributed by atoms with Gasteiger partial charge in [-0.2, -0.15) is 0 Å². The van der Waals surface area contributed by atoms with E-state index in [9.17, 15) is 0 Å². The number of rotatable bonds is 4. The molecule has 0 aromatic carbocycles. The topological polar surface area (TPSA) is 51.8 Å². The molecule has 2 N–H and O–H groups in total. The van der Waals surface area contributed by atoms with Crippen molar-refractivity contribution in [1.29, 1.82) is 0 Å². The van der Waals surface area contributed by atoms with Gasteiger partial charge in [-0.05, 0) is 18.6 Å². The summed E-state index contributed by atoms with van der Waals surface area (Å²) in [5.41, 5.74) is 7.03. The third-order valence-corrected chi connectivity index (χ3v) is 3.48. The smallest absolute Gasteiger partial charge is 0.143 e. The standard InChI is InChI=1S/C11H15N3S/c1-2-3-5-8(12)10-14-9-6-4-7-13-11(9)15-10/h4,6-8H,2-3,5,12H2,1H3. The van der Waals surface area contributed by atoms with Crippen molar-refractivity contribution in [3.8, 4) is 0 Å². The van der Waals surface area contributed by atoms with Crippen LogP contribution >= 0.6 is 11.3 Å². The van der Waals surface area contributed by atoms with Crippen LogP contribution in [0.4, 0.5) is 0 Å². The molecule has 0 bridgehead atoms. The van der Waals surface area contributed by atoms with Gasteiger partial charge in [0.05, 0.1) is 6.04 Å². The van der Waals surface area contributed by atoms with Crippen LogP contribution < -0.4 is 5.73 Å². The van der Waals surface area contributed by atoms with E-state index < -0.39 is 0 Å². The summed E-state index contributed by atoms with van der Waals surface area (Å²) < 4.78 is 0. The molecule has 0 spiro atoms. The second kappa shape index (κ2) is 4.68. The number of nitrogens with zero attached hydrogens (tertiary/aromatic N) is 2. The van der Waals surface area contributed by atoms with Gasteiger partial charge in [0.2, 0.25) is 0 Å². The van der Waals surface area contributed by atoms with Crippen molar-refractivity contribution in [1.82, 2.24) is 9.97 Å². The highest BCUT2D eigenvalue weighted by molar-refractivity contribution is 7.18. The van der Waals surface area contributed by atoms with E-state index in [1.54, 1.807) is 17.5 Å². The first-order valence-electron chi connectivity index (χ1n) is 5.28. The van der Waals surface area contributed by atoms with Crippen LogP contribution in [0.5, 0.6) is 0 Å². The maximum Gasteiger partial charge on any atom is 0.143 e. The largest absolute Gasteiger partial charge is 0.322 e. The van der Waals surface area contributed by atoms with Gasteiger partial charge in [-0.3, -0.25) is 0 Å². The van der Waals surface area contributed by atoms with Crippen molar-refractivity contribution in [2.24, 2.45) is 5.73 Å². The van der Waals surface area contributed by atoms with Gasteiger partial charge in [0.15, 0.2) is 0 Å². The number of pyridine rings is 1. The fraction of sp³-hybridized carbons (Fsp3) is 0.455. The molecule has 0 amide bonds. The molecule has 0 saturated carbocycles. The Morgan fingerprint density at radius 2 is 2.40 bits per heavy atom. The highest BCUT2D eigenvalue weighted by atomic mass is 32.1. The molecule has 2 aromatic rings. The fourth-order valence-corrected chi connectivity index (χ4v) is 2.44. The summed E-state index contributed by atoms with van der Waals surface area (Å²) in [5, 5.41) is 1.01. The lowest BCUT2D eigenvalue weighted by Gasteiger charge is -2.05. The zero-order valence-corrected chi connectivity index (χ0v) is 9.63. The molecular formula is C11H15N3S. The molecule has 4 heteroatoms. The maximum absolute atomic E-state index is 6.07. The van der Waals surface area contributed by atoms with Gasteiger partial charge in [0.1, 0.15) is 15.4 Å². The molecule has 0 saturated heterocycles. The number of hydrogen-bond acceptors (Lipinski definition) is 4. The SMILES string of the molecule is CCCCC(N)c1nc2cccnc2s1. The van der Waals surface area contributed by atoms with Crippen LogP contribution in [0.2, 0.25) is 0 Å². The second-order valence-electron chi connectivity index (χ2n) is 3.63. The van der Waals surface area contributed by atoms with E-state index in [1.807, 2.05) is 12.1 Å². The first kappa shape index (κ1) is 10.5. The predicted octanol–water partition coefficient (Wildman–Crippen LogP) is 2.88. The first-order chi connectivity index (χ1) is 7.31. The van der Waals surface area contributed by atoms with Gasteiger partial charge in [-0.1, -0.05) is 31.1 Å². The molecular weight excluding hydrogens is 206 g/mol. The second-order valence-corrected chi connectivity index (χ2v) is 4.64. The number of hydrogen-bond donors (Lipinski definition) is 1. The molecule has 0 aliphatic carbocycles. The minimum atomic E-state index is 0.0733. The predicted molar refractivity (Wildman–Crippen MR) is 63.9 cm³/mol. The van der Waals surface area contributed by atoms with E-state index in [2.05, 4.69) is 16.9 Å². The molecule has 80 valence electrons. The summed E-state index contributed by atoms with van der Waals surface area (Å²) >= 11 is 1.61. The molecule has 2 aromatic heterocycles. The quantitative estimate of drug-likeness (QED) is 0.863. The van der Waals surface area contributed by atoms with E-state index in [0.29, 0.717) is 0 Å². The van der Waals surface area contributed by atoms with Crippen molar-refractivity contribution < 1.29 is 0 Å². The summed E-state index contributed by atoms with van der Waals surface area (Å²) in [4.78, 5) is 9.75. The van der Waals surface area contributed by atoms with Crippen LogP contribution in [0, 0.1) is 0 Å². The van der Waals surface area contributed by atoms with E-state index in [0.717, 1.165) is 28.2 Å². The Hall–Kier alpha value is -1.00. The van der Waals surface area contributed by atoms with E-state index in [-0.39, 0.29) is 6.04 Å². The molecule has 15 heavy (non-hydrogen) atoms. The third-order valence-electron chi connectivity index (χ3n) is 2.37.